The Balaban J connectivity index is 1.16. The van der Waals surface area contributed by atoms with Gasteiger partial charge in [0.2, 0.25) is 0 Å². The third-order valence-electron chi connectivity index (χ3n) is 11.7. The van der Waals surface area contributed by atoms with Gasteiger partial charge in [0.15, 0.2) is 0 Å². The molecule has 1 aliphatic heterocycles. The highest BCUT2D eigenvalue weighted by Crippen LogP contribution is 2.48. The minimum absolute atomic E-state index is 0.776. The molecular formula is C51H40N4O. The first kappa shape index (κ1) is 32.5. The fraction of sp³-hybridized carbons (Fsp3) is 0.0980. The van der Waals surface area contributed by atoms with Crippen LogP contribution in [0, 0.1) is 0 Å². The molecule has 0 saturated carbocycles. The van der Waals surface area contributed by atoms with E-state index in [4.69, 9.17) is 4.42 Å². The highest BCUT2D eigenvalue weighted by Gasteiger charge is 2.29. The molecule has 0 saturated heterocycles. The van der Waals surface area contributed by atoms with Crippen LogP contribution in [0.25, 0.3) is 95.1 Å². The topological polar surface area (TPSA) is 31.2 Å². The van der Waals surface area contributed by atoms with Gasteiger partial charge in [-0.15, -0.1) is 0 Å². The molecule has 56 heavy (non-hydrogen) atoms. The number of benzene rings is 5. The maximum absolute atomic E-state index is 7.25. The van der Waals surface area contributed by atoms with Gasteiger partial charge in [0, 0.05) is 75.5 Å². The van der Waals surface area contributed by atoms with Crippen molar-refractivity contribution in [1.82, 2.24) is 13.7 Å². The van der Waals surface area contributed by atoms with Crippen LogP contribution in [0.4, 0.5) is 5.69 Å². The number of hydrogen-bond acceptors (Lipinski definition) is 2. The molecule has 4 aromatic heterocycles. The fourth-order valence-corrected chi connectivity index (χ4v) is 9.36. The molecule has 5 heteroatoms. The Labute approximate surface area is 325 Å². The number of hydrogen-bond donors (Lipinski definition) is 0. The van der Waals surface area contributed by atoms with Gasteiger partial charge in [0.05, 0.1) is 38.8 Å². The first-order valence-corrected chi connectivity index (χ1v) is 19.6. The molecule has 0 amide bonds. The fourth-order valence-electron chi connectivity index (χ4n) is 9.36. The molecule has 5 heterocycles. The number of rotatable bonds is 6. The summed E-state index contributed by atoms with van der Waals surface area (Å²) in [5, 5.41) is 5.87. The summed E-state index contributed by atoms with van der Waals surface area (Å²) >= 11 is 0. The molecule has 1 aliphatic carbocycles. The SMILES string of the molecule is C=C/C(=C\C=C/CC)n1c2c(c3cc(-n4c5c(c6ccccc64)-c4oc6c(ccc7c6c6ccccc6n7-c6ccccc6)c4C=CC5)ccc31)N(C)CC=C2. The Morgan fingerprint density at radius 1 is 0.732 bits per heavy atom. The normalized spacial score (nSPS) is 14.1. The molecule has 0 atom stereocenters. The van der Waals surface area contributed by atoms with Gasteiger partial charge in [-0.05, 0) is 79.2 Å². The summed E-state index contributed by atoms with van der Waals surface area (Å²) in [5.74, 6) is 0.929. The van der Waals surface area contributed by atoms with Crippen molar-refractivity contribution in [1.29, 1.82) is 0 Å². The molecule has 0 radical (unpaired) electrons. The van der Waals surface area contributed by atoms with Crippen molar-refractivity contribution >= 4 is 78.1 Å². The van der Waals surface area contributed by atoms with Crippen LogP contribution in [-0.2, 0) is 6.42 Å². The van der Waals surface area contributed by atoms with Gasteiger partial charge in [0.25, 0.3) is 0 Å². The monoisotopic (exact) mass is 724 g/mol. The Bertz CT molecular complexity index is 3210. The summed E-state index contributed by atoms with van der Waals surface area (Å²) in [6.45, 7) is 7.24. The second-order valence-electron chi connectivity index (χ2n) is 14.8. The van der Waals surface area contributed by atoms with E-state index < -0.39 is 0 Å². The summed E-state index contributed by atoms with van der Waals surface area (Å²) in [6.07, 6.45) is 19.3. The lowest BCUT2D eigenvalue weighted by Crippen LogP contribution is -2.20. The summed E-state index contributed by atoms with van der Waals surface area (Å²) in [5.41, 5.74) is 14.8. The third-order valence-corrected chi connectivity index (χ3v) is 11.7. The first-order valence-electron chi connectivity index (χ1n) is 19.6. The largest absolute Gasteiger partial charge is 0.455 e. The molecule has 0 fully saturated rings. The summed E-state index contributed by atoms with van der Waals surface area (Å²) in [4.78, 5) is 2.35. The van der Waals surface area contributed by atoms with Gasteiger partial charge in [0.1, 0.15) is 11.3 Å². The highest BCUT2D eigenvalue weighted by molar-refractivity contribution is 6.22. The van der Waals surface area contributed by atoms with Gasteiger partial charge in [-0.25, -0.2) is 0 Å². The predicted octanol–water partition coefficient (Wildman–Crippen LogP) is 13.1. The van der Waals surface area contributed by atoms with Crippen molar-refractivity contribution in [2.45, 2.75) is 19.8 Å². The number of furan rings is 1. The van der Waals surface area contributed by atoms with Gasteiger partial charge in [-0.2, -0.15) is 0 Å². The second kappa shape index (κ2) is 12.5. The average molecular weight is 725 g/mol. The minimum atomic E-state index is 0.776. The Morgan fingerprint density at radius 2 is 1.50 bits per heavy atom. The first-order chi connectivity index (χ1) is 27.7. The Morgan fingerprint density at radius 3 is 2.32 bits per heavy atom. The summed E-state index contributed by atoms with van der Waals surface area (Å²) < 4.78 is 14.4. The smallest absolute Gasteiger partial charge is 0.145 e. The van der Waals surface area contributed by atoms with Gasteiger partial charge < -0.3 is 23.0 Å². The third kappa shape index (κ3) is 4.55. The Hall–Kier alpha value is -6.98. The van der Waals surface area contributed by atoms with Crippen molar-refractivity contribution in [3.05, 3.63) is 169 Å². The highest BCUT2D eigenvalue weighted by atomic mass is 16.3. The van der Waals surface area contributed by atoms with Crippen molar-refractivity contribution in [2.24, 2.45) is 0 Å². The lowest BCUT2D eigenvalue weighted by molar-refractivity contribution is 0.634. The quantitative estimate of drug-likeness (QED) is 0.160. The molecule has 270 valence electrons. The van der Waals surface area contributed by atoms with Crippen molar-refractivity contribution < 1.29 is 4.42 Å². The van der Waals surface area contributed by atoms with Crippen LogP contribution in [-0.4, -0.2) is 27.3 Å². The molecule has 5 nitrogen and oxygen atoms in total. The predicted molar refractivity (Wildman–Crippen MR) is 237 cm³/mol. The number of allylic oxidation sites excluding steroid dienone is 6. The van der Waals surface area contributed by atoms with Gasteiger partial charge in [-0.3, -0.25) is 0 Å². The lowest BCUT2D eigenvalue weighted by atomic mass is 10.0. The summed E-state index contributed by atoms with van der Waals surface area (Å²) in [7, 11) is 2.19. The second-order valence-corrected chi connectivity index (χ2v) is 14.8. The van der Waals surface area contributed by atoms with Crippen molar-refractivity contribution in [2.75, 3.05) is 18.5 Å². The van der Waals surface area contributed by atoms with E-state index in [-0.39, 0.29) is 0 Å². The molecule has 9 aromatic rings. The number of fused-ring (bicyclic) bond motifs is 14. The van der Waals surface area contributed by atoms with Crippen molar-refractivity contribution in [3.8, 4) is 22.7 Å². The maximum Gasteiger partial charge on any atom is 0.145 e. The number of likely N-dealkylation sites (N-methyl/N-ethyl adjacent to an activating group) is 1. The van der Waals surface area contributed by atoms with Gasteiger partial charge >= 0.3 is 0 Å². The molecular weight excluding hydrogens is 685 g/mol. The van der Waals surface area contributed by atoms with Crippen LogP contribution < -0.4 is 4.90 Å². The summed E-state index contributed by atoms with van der Waals surface area (Å²) in [6, 6.07) is 39.6. The standard InChI is InChI=1S/C51H40N4O/c1-4-6-8-17-33(5-2)53-43-29-27-35(32-40(43)49-46(53)26-16-31-52(49)3)55-42-24-14-12-21-39(42)47-44(55)25-15-22-36-37-28-30-45-48(51(37)56-50(36)47)38-20-11-13-23-41(38)54(45)34-18-9-7-10-19-34/h5-24,26-30,32H,2,4,25,31H2,1,3H3/b8-6-,33-17+. The Kier molecular flexibility index (Phi) is 7.27. The lowest BCUT2D eigenvalue weighted by Gasteiger charge is -2.22. The van der Waals surface area contributed by atoms with E-state index in [1.165, 1.54) is 44.3 Å². The van der Waals surface area contributed by atoms with E-state index in [1.54, 1.807) is 0 Å². The van der Waals surface area contributed by atoms with Crippen LogP contribution in [0.2, 0.25) is 0 Å². The minimum Gasteiger partial charge on any atom is -0.455 e. The number of para-hydroxylation sites is 3. The molecule has 0 spiro atoms. The average Bonchev–Trinajstić information content (AvgIpc) is 3.93. The molecule has 2 aliphatic rings. The zero-order valence-electron chi connectivity index (χ0n) is 31.5. The zero-order valence-corrected chi connectivity index (χ0v) is 31.5. The van der Waals surface area contributed by atoms with E-state index >= 15 is 0 Å². The number of aromatic nitrogens is 3. The molecule has 0 N–H and O–H groups in total. The van der Waals surface area contributed by atoms with E-state index in [0.29, 0.717) is 0 Å². The van der Waals surface area contributed by atoms with E-state index in [9.17, 15) is 0 Å². The van der Waals surface area contributed by atoms with Crippen molar-refractivity contribution in [3.63, 3.8) is 0 Å². The van der Waals surface area contributed by atoms with Crippen LogP contribution in [0.3, 0.4) is 0 Å². The molecule has 5 aromatic carbocycles. The molecule has 0 unspecified atom stereocenters. The number of anilines is 1. The van der Waals surface area contributed by atoms with Crippen LogP contribution >= 0.6 is 0 Å². The molecule has 0 bridgehead atoms. The maximum atomic E-state index is 7.25. The molecule has 11 rings (SSSR count). The van der Waals surface area contributed by atoms with Crippen LogP contribution in [0.15, 0.2) is 157 Å². The van der Waals surface area contributed by atoms with Crippen LogP contribution in [0.5, 0.6) is 0 Å². The zero-order chi connectivity index (χ0) is 37.5. The van der Waals surface area contributed by atoms with E-state index in [1.807, 2.05) is 6.08 Å². The number of nitrogens with zero attached hydrogens (tertiary/aromatic N) is 4. The van der Waals surface area contributed by atoms with E-state index in [2.05, 4.69) is 191 Å². The van der Waals surface area contributed by atoms with Crippen LogP contribution in [0.1, 0.15) is 30.3 Å². The van der Waals surface area contributed by atoms with E-state index in [0.717, 1.165) is 80.7 Å². The van der Waals surface area contributed by atoms with Gasteiger partial charge in [-0.1, -0.05) is 98.5 Å².